The number of aryl methyl sites for hydroxylation is 1. The van der Waals surface area contributed by atoms with Gasteiger partial charge in [0.2, 0.25) is 0 Å². The van der Waals surface area contributed by atoms with E-state index in [1.165, 1.54) is 20.8 Å². The Labute approximate surface area is 113 Å². The number of nitrogens with two attached hydrogens (primary N) is 1. The predicted octanol–water partition coefficient (Wildman–Crippen LogP) is -0.359. The zero-order valence-corrected chi connectivity index (χ0v) is 10.9. The molecule has 0 aliphatic rings. The van der Waals surface area contributed by atoms with Crippen LogP contribution in [0.15, 0.2) is 29.2 Å². The Kier molecular flexibility index (Phi) is 4.23. The summed E-state index contributed by atoms with van der Waals surface area (Å²) in [7, 11) is 0. The van der Waals surface area contributed by atoms with E-state index >= 15 is 0 Å². The second-order valence-corrected chi connectivity index (χ2v) is 5.10. The maximum absolute atomic E-state index is 11.9. The maximum Gasteiger partial charge on any atom is 0.350 e. The molecule has 0 saturated heterocycles. The number of hydrogen-bond donors (Lipinski definition) is 2. The molecule has 2 heterocycles. The number of thioether (sulfide) groups is 1. The van der Waals surface area contributed by atoms with Gasteiger partial charge in [-0.2, -0.15) is 11.8 Å². The Morgan fingerprint density at radius 2 is 2.32 bits per heavy atom. The van der Waals surface area contributed by atoms with Crippen LogP contribution >= 0.6 is 11.8 Å². The number of carbonyl (C=O) groups is 1. The molecular formula is C11H14N4O3S. The lowest BCUT2D eigenvalue weighted by Gasteiger charge is -2.05. The van der Waals surface area contributed by atoms with E-state index in [0.29, 0.717) is 23.7 Å². The molecule has 0 fully saturated rings. The van der Waals surface area contributed by atoms with Gasteiger partial charge in [0.05, 0.1) is 6.54 Å². The highest BCUT2D eigenvalue weighted by atomic mass is 32.2. The van der Waals surface area contributed by atoms with Crippen molar-refractivity contribution in [2.24, 2.45) is 5.73 Å². The number of carboxylic acid groups (broad SMARTS) is 1. The Balaban J connectivity index is 1.94. The zero-order valence-electron chi connectivity index (χ0n) is 10.1. The third-order valence-electron chi connectivity index (χ3n) is 2.55. The summed E-state index contributed by atoms with van der Waals surface area (Å²) < 4.78 is 2.84. The summed E-state index contributed by atoms with van der Waals surface area (Å²) in [5, 5.41) is 12.8. The van der Waals surface area contributed by atoms with E-state index in [1.807, 2.05) is 6.07 Å². The Morgan fingerprint density at radius 1 is 1.53 bits per heavy atom. The van der Waals surface area contributed by atoms with Gasteiger partial charge < -0.3 is 10.8 Å². The van der Waals surface area contributed by atoms with E-state index in [4.69, 9.17) is 10.8 Å². The normalized spacial score (nSPS) is 12.7. The summed E-state index contributed by atoms with van der Waals surface area (Å²) >= 11 is 1.39. The van der Waals surface area contributed by atoms with E-state index < -0.39 is 12.0 Å². The van der Waals surface area contributed by atoms with E-state index in [-0.39, 0.29) is 5.69 Å². The fourth-order valence-electron chi connectivity index (χ4n) is 1.55. The lowest BCUT2D eigenvalue weighted by Crippen LogP contribution is -2.32. The molecule has 8 heteroatoms. The van der Waals surface area contributed by atoms with Crippen LogP contribution < -0.4 is 11.4 Å². The first kappa shape index (κ1) is 13.6. The Morgan fingerprint density at radius 3 is 3.00 bits per heavy atom. The fraction of sp³-hybridized carbons (Fsp3) is 0.364. The van der Waals surface area contributed by atoms with Gasteiger partial charge in [0.15, 0.2) is 5.65 Å². The molecule has 2 rings (SSSR count). The molecular weight excluding hydrogens is 268 g/mol. The number of hydrogen-bond acceptors (Lipinski definition) is 5. The van der Waals surface area contributed by atoms with Crippen molar-refractivity contribution >= 4 is 23.4 Å². The summed E-state index contributed by atoms with van der Waals surface area (Å²) in [6, 6.07) is 4.46. The van der Waals surface area contributed by atoms with Crippen molar-refractivity contribution in [2.75, 3.05) is 11.5 Å². The second kappa shape index (κ2) is 5.89. The van der Waals surface area contributed by atoms with Gasteiger partial charge >= 0.3 is 11.7 Å². The number of aromatic nitrogens is 3. The minimum Gasteiger partial charge on any atom is -0.480 e. The van der Waals surface area contributed by atoms with Gasteiger partial charge in [0.1, 0.15) is 6.04 Å². The van der Waals surface area contributed by atoms with Crippen molar-refractivity contribution in [3.05, 3.63) is 34.9 Å². The third kappa shape index (κ3) is 3.15. The van der Waals surface area contributed by atoms with Crippen LogP contribution in [0.4, 0.5) is 0 Å². The number of nitrogens with zero attached hydrogens (tertiary/aromatic N) is 3. The lowest BCUT2D eigenvalue weighted by atomic mass is 10.4. The van der Waals surface area contributed by atoms with Crippen LogP contribution in [0.2, 0.25) is 0 Å². The van der Waals surface area contributed by atoms with Crippen LogP contribution in [0.5, 0.6) is 0 Å². The average Bonchev–Trinajstić information content (AvgIpc) is 2.72. The number of carboxylic acids is 1. The van der Waals surface area contributed by atoms with E-state index in [1.54, 1.807) is 18.3 Å². The van der Waals surface area contributed by atoms with Gasteiger partial charge in [0, 0.05) is 17.7 Å². The van der Waals surface area contributed by atoms with Crippen LogP contribution in [0.1, 0.15) is 0 Å². The summed E-state index contributed by atoms with van der Waals surface area (Å²) in [5.41, 5.74) is 5.78. The molecule has 0 aliphatic carbocycles. The van der Waals surface area contributed by atoms with Gasteiger partial charge in [-0.1, -0.05) is 6.07 Å². The van der Waals surface area contributed by atoms with E-state index in [9.17, 15) is 9.59 Å². The van der Waals surface area contributed by atoms with Gasteiger partial charge in [-0.3, -0.25) is 9.20 Å². The first-order chi connectivity index (χ1) is 9.09. The average molecular weight is 282 g/mol. The minimum absolute atomic E-state index is 0.196. The molecule has 102 valence electrons. The van der Waals surface area contributed by atoms with E-state index in [2.05, 4.69) is 5.10 Å². The molecule has 3 N–H and O–H groups in total. The summed E-state index contributed by atoms with van der Waals surface area (Å²) in [5.74, 6) is -0.111. The van der Waals surface area contributed by atoms with Gasteiger partial charge in [0.25, 0.3) is 0 Å². The number of aliphatic carboxylic acids is 1. The minimum atomic E-state index is -1.02. The van der Waals surface area contributed by atoms with Crippen molar-refractivity contribution in [1.29, 1.82) is 0 Å². The highest BCUT2D eigenvalue weighted by Crippen LogP contribution is 2.03. The van der Waals surface area contributed by atoms with Gasteiger partial charge in [-0.15, -0.1) is 5.10 Å². The molecule has 1 atom stereocenters. The van der Waals surface area contributed by atoms with Gasteiger partial charge in [-0.25, -0.2) is 9.48 Å². The largest absolute Gasteiger partial charge is 0.480 e. The highest BCUT2D eigenvalue weighted by Gasteiger charge is 2.11. The van der Waals surface area contributed by atoms with Crippen molar-refractivity contribution in [1.82, 2.24) is 14.2 Å². The highest BCUT2D eigenvalue weighted by molar-refractivity contribution is 7.99. The number of fused-ring (bicyclic) bond motifs is 1. The van der Waals surface area contributed by atoms with E-state index in [0.717, 1.165) is 0 Å². The van der Waals surface area contributed by atoms with Crippen LogP contribution in [-0.4, -0.2) is 42.8 Å². The molecule has 19 heavy (non-hydrogen) atoms. The predicted molar refractivity (Wildman–Crippen MR) is 72.4 cm³/mol. The fourth-order valence-corrected chi connectivity index (χ4v) is 2.41. The van der Waals surface area contributed by atoms with Crippen LogP contribution in [0, 0.1) is 0 Å². The smallest absolute Gasteiger partial charge is 0.350 e. The standard InChI is InChI=1S/C11H14N4O3S/c12-8(10(16)17)7-19-6-5-15-11(18)14-4-2-1-3-9(14)13-15/h1-4,8H,5-7,12H2,(H,16,17). The zero-order chi connectivity index (χ0) is 13.8. The third-order valence-corrected chi connectivity index (χ3v) is 3.62. The lowest BCUT2D eigenvalue weighted by molar-refractivity contribution is -0.137. The molecule has 0 aliphatic heterocycles. The molecule has 2 aromatic heterocycles. The first-order valence-corrected chi connectivity index (χ1v) is 6.85. The first-order valence-electron chi connectivity index (χ1n) is 5.70. The summed E-state index contributed by atoms with van der Waals surface area (Å²) in [6.07, 6.45) is 1.66. The molecule has 0 radical (unpaired) electrons. The number of pyridine rings is 1. The van der Waals surface area contributed by atoms with Crippen molar-refractivity contribution in [3.8, 4) is 0 Å². The topological polar surface area (TPSA) is 103 Å². The number of rotatable bonds is 6. The summed E-state index contributed by atoms with van der Waals surface area (Å²) in [6.45, 7) is 0.428. The summed E-state index contributed by atoms with van der Waals surface area (Å²) in [4.78, 5) is 22.4. The monoisotopic (exact) mass is 282 g/mol. The van der Waals surface area contributed by atoms with Crippen LogP contribution in [-0.2, 0) is 11.3 Å². The van der Waals surface area contributed by atoms with Crippen molar-refractivity contribution in [3.63, 3.8) is 0 Å². The molecule has 1 unspecified atom stereocenters. The molecule has 7 nitrogen and oxygen atoms in total. The second-order valence-electron chi connectivity index (χ2n) is 3.95. The van der Waals surface area contributed by atoms with Gasteiger partial charge in [-0.05, 0) is 12.1 Å². The molecule has 0 amide bonds. The molecule has 0 saturated carbocycles. The van der Waals surface area contributed by atoms with Crippen molar-refractivity contribution in [2.45, 2.75) is 12.6 Å². The Bertz CT molecular complexity index is 636. The van der Waals surface area contributed by atoms with Crippen LogP contribution in [0.25, 0.3) is 5.65 Å². The maximum atomic E-state index is 11.9. The molecule has 0 spiro atoms. The molecule has 2 aromatic rings. The Hall–Kier alpha value is -1.80. The SMILES string of the molecule is NC(CSCCn1nc2ccccn2c1=O)C(=O)O. The van der Waals surface area contributed by atoms with Crippen LogP contribution in [0.3, 0.4) is 0 Å². The molecule has 0 bridgehead atoms. The van der Waals surface area contributed by atoms with Crippen molar-refractivity contribution < 1.29 is 9.90 Å². The molecule has 0 aromatic carbocycles. The quantitative estimate of drug-likeness (QED) is 0.701.